The van der Waals surface area contributed by atoms with Gasteiger partial charge in [0.1, 0.15) is 11.6 Å². The largest absolute Gasteiger partial charge is 0.507 e. The highest BCUT2D eigenvalue weighted by atomic mass is 19.1. The molecular formula is C19H16FNO4. The van der Waals surface area contributed by atoms with Crippen LogP contribution in [0.4, 0.5) is 4.39 Å². The number of rotatable bonds is 4. The predicted octanol–water partition coefficient (Wildman–Crippen LogP) is 2.24. The van der Waals surface area contributed by atoms with Crippen molar-refractivity contribution >= 4 is 17.4 Å². The Balaban J connectivity index is 2.22. The van der Waals surface area contributed by atoms with Crippen molar-refractivity contribution in [3.05, 3.63) is 77.1 Å². The Morgan fingerprint density at radius 1 is 1.04 bits per heavy atom. The van der Waals surface area contributed by atoms with Crippen LogP contribution >= 0.6 is 0 Å². The zero-order chi connectivity index (χ0) is 18.0. The van der Waals surface area contributed by atoms with Gasteiger partial charge >= 0.3 is 0 Å². The molecule has 2 aromatic carbocycles. The van der Waals surface area contributed by atoms with Gasteiger partial charge in [0.2, 0.25) is 0 Å². The average molecular weight is 341 g/mol. The van der Waals surface area contributed by atoms with Crippen molar-refractivity contribution in [3.8, 4) is 0 Å². The Hall–Kier alpha value is -2.99. The molecule has 1 amide bonds. The predicted molar refractivity (Wildman–Crippen MR) is 88.9 cm³/mol. The summed E-state index contributed by atoms with van der Waals surface area (Å²) in [7, 11) is 0. The normalized spacial score (nSPS) is 19.4. The second kappa shape index (κ2) is 6.86. The van der Waals surface area contributed by atoms with Gasteiger partial charge in [-0.2, -0.15) is 0 Å². The lowest BCUT2D eigenvalue weighted by Crippen LogP contribution is -2.32. The molecule has 2 N–H and O–H groups in total. The van der Waals surface area contributed by atoms with Gasteiger partial charge in [0.25, 0.3) is 11.7 Å². The fraction of sp³-hybridized carbons (Fsp3) is 0.158. The fourth-order valence-electron chi connectivity index (χ4n) is 2.99. The number of carbonyl (C=O) groups is 2. The molecule has 128 valence electrons. The number of hydrogen-bond donors (Lipinski definition) is 2. The van der Waals surface area contributed by atoms with Crippen LogP contribution < -0.4 is 0 Å². The van der Waals surface area contributed by atoms with Gasteiger partial charge in [-0.15, -0.1) is 0 Å². The molecule has 5 nitrogen and oxygen atoms in total. The van der Waals surface area contributed by atoms with E-state index < -0.39 is 23.5 Å². The van der Waals surface area contributed by atoms with Gasteiger partial charge in [-0.3, -0.25) is 9.59 Å². The number of carbonyl (C=O) groups excluding carboxylic acids is 2. The van der Waals surface area contributed by atoms with E-state index in [1.807, 2.05) is 0 Å². The molecule has 1 aliphatic rings. The summed E-state index contributed by atoms with van der Waals surface area (Å²) in [4.78, 5) is 25.9. The molecule has 0 radical (unpaired) electrons. The first kappa shape index (κ1) is 16.9. The molecule has 1 aliphatic heterocycles. The van der Waals surface area contributed by atoms with Crippen molar-refractivity contribution in [1.82, 2.24) is 4.90 Å². The minimum absolute atomic E-state index is 0.0904. The fourth-order valence-corrected chi connectivity index (χ4v) is 2.99. The molecular weight excluding hydrogens is 325 g/mol. The van der Waals surface area contributed by atoms with Gasteiger partial charge in [0, 0.05) is 17.7 Å². The third-order valence-corrected chi connectivity index (χ3v) is 4.13. The molecule has 0 spiro atoms. The summed E-state index contributed by atoms with van der Waals surface area (Å²) in [6.07, 6.45) is 0. The molecule has 1 fully saturated rings. The quantitative estimate of drug-likeness (QED) is 0.508. The van der Waals surface area contributed by atoms with E-state index in [9.17, 15) is 24.2 Å². The topological polar surface area (TPSA) is 77.8 Å². The molecule has 2 aromatic rings. The molecule has 0 bridgehead atoms. The van der Waals surface area contributed by atoms with E-state index in [0.717, 1.165) is 4.90 Å². The third kappa shape index (κ3) is 2.92. The highest BCUT2D eigenvalue weighted by molar-refractivity contribution is 6.46. The number of ketones is 1. The number of β-amino-alcohol motifs (C(OH)–C–C–N with tert-alkyl or cyclic N) is 1. The Morgan fingerprint density at radius 2 is 1.68 bits per heavy atom. The Labute approximate surface area is 143 Å². The zero-order valence-electron chi connectivity index (χ0n) is 13.2. The molecule has 1 saturated heterocycles. The first-order valence-corrected chi connectivity index (χ1v) is 7.75. The van der Waals surface area contributed by atoms with Crippen LogP contribution in [0.25, 0.3) is 5.76 Å². The van der Waals surface area contributed by atoms with Crippen molar-refractivity contribution in [2.75, 3.05) is 13.2 Å². The lowest BCUT2D eigenvalue weighted by atomic mass is 9.95. The summed E-state index contributed by atoms with van der Waals surface area (Å²) in [6, 6.07) is 12.9. The van der Waals surface area contributed by atoms with E-state index in [1.165, 1.54) is 18.2 Å². The lowest BCUT2D eigenvalue weighted by Gasteiger charge is -2.24. The number of hydrogen-bond acceptors (Lipinski definition) is 4. The van der Waals surface area contributed by atoms with Crippen molar-refractivity contribution < 1.29 is 24.2 Å². The number of amides is 1. The number of Topliss-reactive ketones (excluding diaryl/α,β-unsaturated/α-hetero) is 1. The summed E-state index contributed by atoms with van der Waals surface area (Å²) < 4.78 is 14.3. The number of likely N-dealkylation sites (tertiary alicyclic amines) is 1. The number of benzene rings is 2. The smallest absolute Gasteiger partial charge is 0.295 e. The van der Waals surface area contributed by atoms with E-state index in [-0.39, 0.29) is 30.0 Å². The van der Waals surface area contributed by atoms with Gasteiger partial charge in [0.15, 0.2) is 0 Å². The van der Waals surface area contributed by atoms with E-state index in [4.69, 9.17) is 0 Å². The second-order valence-electron chi connectivity index (χ2n) is 5.60. The van der Waals surface area contributed by atoms with Gasteiger partial charge in [0.05, 0.1) is 18.2 Å². The number of aliphatic hydroxyl groups is 2. The van der Waals surface area contributed by atoms with Crippen LogP contribution in [-0.4, -0.2) is 40.0 Å². The summed E-state index contributed by atoms with van der Waals surface area (Å²) >= 11 is 0. The van der Waals surface area contributed by atoms with Gasteiger partial charge in [-0.05, 0) is 6.07 Å². The number of aliphatic hydroxyl groups excluding tert-OH is 2. The van der Waals surface area contributed by atoms with Crippen LogP contribution in [0.5, 0.6) is 0 Å². The minimum Gasteiger partial charge on any atom is -0.507 e. The SMILES string of the molecule is O=C1C(=O)N(CCO)[C@H](c2ccccc2F)C1=C(O)c1ccccc1. The van der Waals surface area contributed by atoms with E-state index in [2.05, 4.69) is 0 Å². The first-order valence-electron chi connectivity index (χ1n) is 7.75. The van der Waals surface area contributed by atoms with Gasteiger partial charge in [-0.25, -0.2) is 4.39 Å². The average Bonchev–Trinajstić information content (AvgIpc) is 2.87. The molecule has 3 rings (SSSR count). The highest BCUT2D eigenvalue weighted by Gasteiger charge is 2.46. The molecule has 0 aliphatic carbocycles. The number of halogens is 1. The third-order valence-electron chi connectivity index (χ3n) is 4.13. The van der Waals surface area contributed by atoms with Crippen molar-refractivity contribution in [3.63, 3.8) is 0 Å². The Morgan fingerprint density at radius 3 is 2.32 bits per heavy atom. The van der Waals surface area contributed by atoms with E-state index in [0.29, 0.717) is 5.56 Å². The van der Waals surface area contributed by atoms with Crippen LogP contribution in [0.15, 0.2) is 60.2 Å². The molecule has 6 heteroatoms. The summed E-state index contributed by atoms with van der Waals surface area (Å²) in [5, 5.41) is 19.8. The summed E-state index contributed by atoms with van der Waals surface area (Å²) in [6.45, 7) is -0.529. The monoisotopic (exact) mass is 341 g/mol. The van der Waals surface area contributed by atoms with Crippen molar-refractivity contribution in [2.24, 2.45) is 0 Å². The van der Waals surface area contributed by atoms with Crippen LogP contribution in [0.1, 0.15) is 17.2 Å². The van der Waals surface area contributed by atoms with Gasteiger partial charge < -0.3 is 15.1 Å². The molecule has 1 atom stereocenters. The van der Waals surface area contributed by atoms with E-state index in [1.54, 1.807) is 36.4 Å². The maximum Gasteiger partial charge on any atom is 0.295 e. The molecule has 0 aromatic heterocycles. The van der Waals surface area contributed by atoms with Crippen molar-refractivity contribution in [2.45, 2.75) is 6.04 Å². The maximum atomic E-state index is 14.3. The second-order valence-corrected chi connectivity index (χ2v) is 5.60. The zero-order valence-corrected chi connectivity index (χ0v) is 13.2. The Bertz CT molecular complexity index is 848. The molecule has 1 heterocycles. The number of nitrogens with zero attached hydrogens (tertiary/aromatic N) is 1. The summed E-state index contributed by atoms with van der Waals surface area (Å²) in [5.41, 5.74) is 0.258. The molecule has 0 saturated carbocycles. The Kier molecular flexibility index (Phi) is 4.63. The van der Waals surface area contributed by atoms with E-state index >= 15 is 0 Å². The molecule has 0 unspecified atom stereocenters. The van der Waals surface area contributed by atoms with Crippen LogP contribution in [-0.2, 0) is 9.59 Å². The summed E-state index contributed by atoms with van der Waals surface area (Å²) in [5.74, 6) is -2.74. The van der Waals surface area contributed by atoms with Crippen molar-refractivity contribution in [1.29, 1.82) is 0 Å². The highest BCUT2D eigenvalue weighted by Crippen LogP contribution is 2.39. The standard InChI is InChI=1S/C19H16FNO4/c20-14-9-5-4-8-13(14)16-15(17(23)12-6-2-1-3-7-12)18(24)19(25)21(16)10-11-22/h1-9,16,22-23H,10-11H2/t16-/m1/s1. The van der Waals surface area contributed by atoms with Crippen LogP contribution in [0, 0.1) is 5.82 Å². The molecule has 25 heavy (non-hydrogen) atoms. The first-order chi connectivity index (χ1) is 12.1. The van der Waals surface area contributed by atoms with Crippen LogP contribution in [0.3, 0.4) is 0 Å². The minimum atomic E-state index is -1.09. The maximum absolute atomic E-state index is 14.3. The van der Waals surface area contributed by atoms with Crippen LogP contribution in [0.2, 0.25) is 0 Å². The lowest BCUT2D eigenvalue weighted by molar-refractivity contribution is -0.140. The van der Waals surface area contributed by atoms with Gasteiger partial charge in [-0.1, -0.05) is 48.5 Å².